The fourth-order valence-electron chi connectivity index (χ4n) is 8.57. The minimum atomic E-state index is -2.37. The second-order valence-corrected chi connectivity index (χ2v) is 12.3. The molecule has 1 heterocycles. The third kappa shape index (κ3) is 3.25. The first-order chi connectivity index (χ1) is 17.7. The number of rotatable bonds is 4. The highest BCUT2D eigenvalue weighted by Gasteiger charge is 2.79. The van der Waals surface area contributed by atoms with Gasteiger partial charge >= 0.3 is 11.9 Å². The molecule has 210 valence electrons. The summed E-state index contributed by atoms with van der Waals surface area (Å²) in [6.07, 6.45) is 0.701. The Hall–Kier alpha value is -2.20. The minimum absolute atomic E-state index is 0.0155. The average Bonchev–Trinajstić information content (AvgIpc) is 3.39. The summed E-state index contributed by atoms with van der Waals surface area (Å²) >= 11 is 0. The van der Waals surface area contributed by atoms with Gasteiger partial charge in [0.1, 0.15) is 6.17 Å². The number of carbonyl (C=O) groups is 3. The topological polar surface area (TPSA) is 99.1 Å². The molecule has 0 amide bonds. The van der Waals surface area contributed by atoms with E-state index in [1.165, 1.54) is 19.1 Å². The molecule has 10 heteroatoms. The fraction of sp³-hybridized carbons (Fsp3) is 0.750. The van der Waals surface area contributed by atoms with Gasteiger partial charge in [0.15, 0.2) is 17.1 Å². The van der Waals surface area contributed by atoms with Gasteiger partial charge in [-0.3, -0.25) is 4.79 Å². The Kier molecular flexibility index (Phi) is 6.23. The zero-order valence-electron chi connectivity index (χ0n) is 22.1. The monoisotopic (exact) mass is 540 g/mol. The van der Waals surface area contributed by atoms with Crippen molar-refractivity contribution in [1.29, 1.82) is 0 Å². The molecule has 2 unspecified atom stereocenters. The minimum Gasteiger partial charge on any atom is -0.444 e. The zero-order valence-corrected chi connectivity index (χ0v) is 22.1. The molecule has 1 aliphatic heterocycles. The van der Waals surface area contributed by atoms with Gasteiger partial charge < -0.3 is 19.3 Å². The molecule has 10 atom stereocenters. The standard InChI is InChI=1S/C28H35F3O7/c1-15-10-17-18-12-20(30)19-11-16(32)6-8-24(19,2)27(18,31)21(33)13-25(17,3)28(15,23(35)36-14-29)38-22(34)26(4)7-5-9-37-26/h6,8,11,15,17-18,20-21,33H,5,7,9-10,12-14H2,1-4H3/t15-,17?,18?,20+,21+,24+,25+,26-,27+,28+/m1/s1. The van der Waals surface area contributed by atoms with E-state index in [0.717, 1.165) is 6.08 Å². The van der Waals surface area contributed by atoms with Crippen molar-refractivity contribution in [2.45, 2.75) is 88.9 Å². The van der Waals surface area contributed by atoms with E-state index < -0.39 is 82.3 Å². The molecule has 0 spiro atoms. The Morgan fingerprint density at radius 1 is 1.18 bits per heavy atom. The van der Waals surface area contributed by atoms with Crippen LogP contribution in [0, 0.1) is 28.6 Å². The highest BCUT2D eigenvalue weighted by atomic mass is 19.1. The van der Waals surface area contributed by atoms with Crippen molar-refractivity contribution in [3.8, 4) is 0 Å². The zero-order chi connectivity index (χ0) is 27.9. The number of aliphatic hydroxyl groups excluding tert-OH is 1. The van der Waals surface area contributed by atoms with Gasteiger partial charge in [-0.25, -0.2) is 22.8 Å². The van der Waals surface area contributed by atoms with Crippen LogP contribution in [0.25, 0.3) is 0 Å². The van der Waals surface area contributed by atoms with Crippen LogP contribution in [0.2, 0.25) is 0 Å². The van der Waals surface area contributed by atoms with E-state index >= 15 is 8.78 Å². The third-order valence-corrected chi connectivity index (χ3v) is 10.6. The summed E-state index contributed by atoms with van der Waals surface area (Å²) in [6, 6.07) is 0. The normalized spacial score (nSPS) is 49.5. The lowest BCUT2D eigenvalue weighted by Gasteiger charge is -2.63. The van der Waals surface area contributed by atoms with Crippen molar-refractivity contribution in [2.75, 3.05) is 13.5 Å². The van der Waals surface area contributed by atoms with E-state index in [0.29, 0.717) is 19.4 Å². The molecule has 0 aromatic heterocycles. The number of esters is 2. The molecule has 1 N–H and O–H groups in total. The van der Waals surface area contributed by atoms with Gasteiger partial charge in [0.2, 0.25) is 12.5 Å². The van der Waals surface area contributed by atoms with Crippen molar-refractivity contribution in [1.82, 2.24) is 0 Å². The number of fused-ring (bicyclic) bond motifs is 5. The van der Waals surface area contributed by atoms with Gasteiger partial charge in [-0.05, 0) is 69.6 Å². The number of halogens is 3. The summed E-state index contributed by atoms with van der Waals surface area (Å²) in [5.74, 6) is -4.96. The molecule has 38 heavy (non-hydrogen) atoms. The number of carbonyl (C=O) groups excluding carboxylic acids is 3. The van der Waals surface area contributed by atoms with E-state index in [4.69, 9.17) is 14.2 Å². The molecular weight excluding hydrogens is 505 g/mol. The van der Waals surface area contributed by atoms with Crippen LogP contribution < -0.4 is 0 Å². The number of ketones is 1. The van der Waals surface area contributed by atoms with E-state index in [1.807, 2.05) is 0 Å². The van der Waals surface area contributed by atoms with E-state index in [1.54, 1.807) is 20.8 Å². The maximum atomic E-state index is 17.4. The number of hydrogen-bond donors (Lipinski definition) is 1. The molecule has 4 fully saturated rings. The largest absolute Gasteiger partial charge is 0.444 e. The molecule has 4 aliphatic carbocycles. The van der Waals surface area contributed by atoms with Gasteiger partial charge in [-0.2, -0.15) is 0 Å². The van der Waals surface area contributed by atoms with Crippen LogP contribution in [0.4, 0.5) is 13.2 Å². The summed E-state index contributed by atoms with van der Waals surface area (Å²) in [5, 5.41) is 11.5. The number of alkyl halides is 3. The van der Waals surface area contributed by atoms with Crippen LogP contribution in [-0.2, 0) is 28.6 Å². The first kappa shape index (κ1) is 27.4. The van der Waals surface area contributed by atoms with Crippen molar-refractivity contribution in [3.63, 3.8) is 0 Å². The molecule has 5 rings (SSSR count). The Balaban J connectivity index is 1.62. The van der Waals surface area contributed by atoms with Crippen molar-refractivity contribution in [3.05, 3.63) is 23.8 Å². The van der Waals surface area contributed by atoms with Crippen LogP contribution in [0.3, 0.4) is 0 Å². The van der Waals surface area contributed by atoms with Gasteiger partial charge in [-0.1, -0.05) is 19.9 Å². The van der Waals surface area contributed by atoms with Gasteiger partial charge in [-0.15, -0.1) is 0 Å². The predicted molar refractivity (Wildman–Crippen MR) is 128 cm³/mol. The third-order valence-electron chi connectivity index (χ3n) is 10.6. The molecule has 1 saturated heterocycles. The Morgan fingerprint density at radius 3 is 2.53 bits per heavy atom. The first-order valence-corrected chi connectivity index (χ1v) is 13.3. The van der Waals surface area contributed by atoms with E-state index in [-0.39, 0.29) is 24.8 Å². The quantitative estimate of drug-likeness (QED) is 0.541. The van der Waals surface area contributed by atoms with Crippen molar-refractivity contribution in [2.24, 2.45) is 28.6 Å². The molecule has 0 bridgehead atoms. The Morgan fingerprint density at radius 2 is 1.89 bits per heavy atom. The number of hydrogen-bond acceptors (Lipinski definition) is 7. The van der Waals surface area contributed by atoms with Crippen LogP contribution in [0.5, 0.6) is 0 Å². The molecule has 0 radical (unpaired) electrons. The summed E-state index contributed by atoms with van der Waals surface area (Å²) < 4.78 is 62.9. The maximum absolute atomic E-state index is 17.4. The summed E-state index contributed by atoms with van der Waals surface area (Å²) in [7, 11) is 0. The number of allylic oxidation sites excluding steroid dienone is 4. The van der Waals surface area contributed by atoms with Gasteiger partial charge in [0.05, 0.1) is 6.10 Å². The molecule has 3 saturated carbocycles. The summed E-state index contributed by atoms with van der Waals surface area (Å²) in [4.78, 5) is 39.0. The molecule has 7 nitrogen and oxygen atoms in total. The Bertz CT molecular complexity index is 1120. The van der Waals surface area contributed by atoms with Gasteiger partial charge in [0, 0.05) is 29.3 Å². The smallest absolute Gasteiger partial charge is 0.353 e. The van der Waals surface area contributed by atoms with E-state index in [9.17, 15) is 23.9 Å². The Labute approximate surface area is 219 Å². The van der Waals surface area contributed by atoms with Crippen LogP contribution in [0.1, 0.15) is 59.8 Å². The van der Waals surface area contributed by atoms with Crippen LogP contribution >= 0.6 is 0 Å². The van der Waals surface area contributed by atoms with Gasteiger partial charge in [0.25, 0.3) is 0 Å². The van der Waals surface area contributed by atoms with E-state index in [2.05, 4.69) is 0 Å². The summed E-state index contributed by atoms with van der Waals surface area (Å²) in [5.41, 5.74) is -8.77. The number of aliphatic hydroxyl groups is 1. The molecule has 5 aliphatic rings. The van der Waals surface area contributed by atoms with Crippen LogP contribution in [0.15, 0.2) is 23.8 Å². The van der Waals surface area contributed by atoms with Crippen molar-refractivity contribution < 1.29 is 46.9 Å². The second-order valence-electron chi connectivity index (χ2n) is 12.3. The second kappa shape index (κ2) is 8.65. The molecule has 0 aromatic rings. The van der Waals surface area contributed by atoms with Crippen molar-refractivity contribution >= 4 is 17.7 Å². The summed E-state index contributed by atoms with van der Waals surface area (Å²) in [6.45, 7) is 5.15. The van der Waals surface area contributed by atoms with Crippen LogP contribution in [-0.4, -0.2) is 65.4 Å². The first-order valence-electron chi connectivity index (χ1n) is 13.3. The molecular formula is C28H35F3O7. The maximum Gasteiger partial charge on any atom is 0.353 e. The lowest BCUT2D eigenvalue weighted by molar-refractivity contribution is -0.245. The fourth-order valence-corrected chi connectivity index (χ4v) is 8.57. The number of ether oxygens (including phenoxy) is 3. The average molecular weight is 541 g/mol. The SMILES string of the molecule is C[C@@H]1CC2C3C[C@H](F)C4=CC(=O)C=C[C@]4(C)[C@@]3(F)[C@@H](O)C[C@]2(C)[C@@]1(OC(=O)[C@@]1(C)CCCO1)C(=O)OCF. The lowest BCUT2D eigenvalue weighted by atomic mass is 9.44. The predicted octanol–water partition coefficient (Wildman–Crippen LogP) is 3.87. The molecule has 0 aromatic carbocycles. The highest BCUT2D eigenvalue weighted by Crippen LogP contribution is 2.71. The lowest BCUT2D eigenvalue weighted by Crippen LogP contribution is -2.71. The highest BCUT2D eigenvalue weighted by molar-refractivity contribution is 6.01.